The number of benzene rings is 1. The summed E-state index contributed by atoms with van der Waals surface area (Å²) < 4.78 is 0. The molecule has 0 aliphatic heterocycles. The molecule has 0 aliphatic carbocycles. The standard InChI is InChI=1S/C14H13NO2S/c16-13(12-4-2-1-3-5-12)9-15-14(17)8-11-6-7-18-10-11/h1-7,10H,8-9H2,(H,15,17). The van der Waals surface area contributed by atoms with Gasteiger partial charge in [-0.2, -0.15) is 11.3 Å². The highest BCUT2D eigenvalue weighted by Crippen LogP contribution is 2.06. The van der Waals surface area contributed by atoms with Gasteiger partial charge in [0, 0.05) is 5.56 Å². The van der Waals surface area contributed by atoms with Crippen LogP contribution >= 0.6 is 11.3 Å². The Labute approximate surface area is 109 Å². The van der Waals surface area contributed by atoms with Crippen LogP contribution in [0.5, 0.6) is 0 Å². The van der Waals surface area contributed by atoms with Crippen molar-refractivity contribution in [1.29, 1.82) is 0 Å². The molecule has 18 heavy (non-hydrogen) atoms. The molecule has 1 heterocycles. The summed E-state index contributed by atoms with van der Waals surface area (Å²) in [6.07, 6.45) is 0.325. The second-order valence-electron chi connectivity index (χ2n) is 3.87. The first kappa shape index (κ1) is 12.5. The number of carbonyl (C=O) groups excluding carboxylic acids is 2. The van der Waals surface area contributed by atoms with Gasteiger partial charge in [0.25, 0.3) is 0 Å². The number of ketones is 1. The molecule has 1 aromatic carbocycles. The van der Waals surface area contributed by atoms with E-state index < -0.39 is 0 Å². The summed E-state index contributed by atoms with van der Waals surface area (Å²) >= 11 is 1.56. The first-order chi connectivity index (χ1) is 8.75. The van der Waals surface area contributed by atoms with Crippen molar-refractivity contribution in [1.82, 2.24) is 5.32 Å². The zero-order valence-electron chi connectivity index (χ0n) is 9.76. The molecule has 1 aromatic heterocycles. The molecule has 3 nitrogen and oxygen atoms in total. The van der Waals surface area contributed by atoms with Crippen LogP contribution in [-0.4, -0.2) is 18.2 Å². The quantitative estimate of drug-likeness (QED) is 0.837. The zero-order valence-corrected chi connectivity index (χ0v) is 10.6. The Morgan fingerprint density at radius 3 is 2.56 bits per heavy atom. The van der Waals surface area contributed by atoms with Gasteiger partial charge in [-0.3, -0.25) is 9.59 Å². The normalized spacial score (nSPS) is 10.0. The van der Waals surface area contributed by atoms with Gasteiger partial charge in [-0.25, -0.2) is 0 Å². The highest BCUT2D eigenvalue weighted by Gasteiger charge is 2.08. The molecule has 92 valence electrons. The molecule has 0 spiro atoms. The molecule has 2 aromatic rings. The van der Waals surface area contributed by atoms with Gasteiger partial charge in [-0.05, 0) is 22.4 Å². The van der Waals surface area contributed by atoms with Crippen LogP contribution in [0, 0.1) is 0 Å². The minimum Gasteiger partial charge on any atom is -0.348 e. The highest BCUT2D eigenvalue weighted by molar-refractivity contribution is 7.07. The summed E-state index contributed by atoms with van der Waals surface area (Å²) in [5.41, 5.74) is 1.60. The molecule has 0 aliphatic rings. The van der Waals surface area contributed by atoms with E-state index in [0.717, 1.165) is 5.56 Å². The minimum atomic E-state index is -0.127. The van der Waals surface area contributed by atoms with Gasteiger partial charge < -0.3 is 5.32 Å². The fraction of sp³-hybridized carbons (Fsp3) is 0.143. The number of hydrogen-bond acceptors (Lipinski definition) is 3. The molecule has 1 amide bonds. The number of Topliss-reactive ketones (excluding diaryl/α,β-unsaturated/α-hetero) is 1. The number of nitrogens with one attached hydrogen (secondary N) is 1. The van der Waals surface area contributed by atoms with Gasteiger partial charge in [-0.1, -0.05) is 30.3 Å². The largest absolute Gasteiger partial charge is 0.348 e. The van der Waals surface area contributed by atoms with E-state index in [-0.39, 0.29) is 18.2 Å². The van der Waals surface area contributed by atoms with E-state index >= 15 is 0 Å². The number of amides is 1. The summed E-state index contributed by atoms with van der Waals surface area (Å²) in [6.45, 7) is 0.0486. The number of hydrogen-bond donors (Lipinski definition) is 1. The van der Waals surface area contributed by atoms with Gasteiger partial charge >= 0.3 is 0 Å². The predicted octanol–water partition coefficient (Wildman–Crippen LogP) is 2.29. The van der Waals surface area contributed by atoms with E-state index in [1.807, 2.05) is 22.9 Å². The minimum absolute atomic E-state index is 0.0486. The van der Waals surface area contributed by atoms with E-state index in [9.17, 15) is 9.59 Å². The Hall–Kier alpha value is -1.94. The summed E-state index contributed by atoms with van der Waals surface area (Å²) in [6, 6.07) is 10.9. The second kappa shape index (κ2) is 6.12. The van der Waals surface area contributed by atoms with Crippen LogP contribution in [-0.2, 0) is 11.2 Å². The monoisotopic (exact) mass is 259 g/mol. The molecule has 0 atom stereocenters. The molecule has 1 N–H and O–H groups in total. The van der Waals surface area contributed by atoms with Crippen molar-refractivity contribution in [2.24, 2.45) is 0 Å². The van der Waals surface area contributed by atoms with Crippen molar-refractivity contribution >= 4 is 23.0 Å². The summed E-state index contributed by atoms with van der Waals surface area (Å²) in [5, 5.41) is 6.49. The van der Waals surface area contributed by atoms with Crippen molar-refractivity contribution in [2.45, 2.75) is 6.42 Å². The predicted molar refractivity (Wildman–Crippen MR) is 71.8 cm³/mol. The van der Waals surface area contributed by atoms with Gasteiger partial charge in [-0.15, -0.1) is 0 Å². The maximum Gasteiger partial charge on any atom is 0.224 e. The summed E-state index contributed by atoms with van der Waals surface area (Å²) in [4.78, 5) is 23.3. The molecule has 4 heteroatoms. The van der Waals surface area contributed by atoms with E-state index in [0.29, 0.717) is 12.0 Å². The van der Waals surface area contributed by atoms with Crippen molar-refractivity contribution in [3.63, 3.8) is 0 Å². The molecular formula is C14H13NO2S. The lowest BCUT2D eigenvalue weighted by Gasteiger charge is -2.03. The molecular weight excluding hydrogens is 246 g/mol. The highest BCUT2D eigenvalue weighted by atomic mass is 32.1. The number of carbonyl (C=O) groups is 2. The SMILES string of the molecule is O=C(Cc1ccsc1)NCC(=O)c1ccccc1. The third-order valence-corrected chi connectivity index (χ3v) is 3.22. The Morgan fingerprint density at radius 1 is 1.11 bits per heavy atom. The Balaban J connectivity index is 1.81. The van der Waals surface area contributed by atoms with Crippen molar-refractivity contribution in [2.75, 3.05) is 6.54 Å². The summed E-state index contributed by atoms with van der Waals surface area (Å²) in [5.74, 6) is -0.202. The topological polar surface area (TPSA) is 46.2 Å². The van der Waals surface area contributed by atoms with E-state index in [2.05, 4.69) is 5.32 Å². The smallest absolute Gasteiger partial charge is 0.224 e. The van der Waals surface area contributed by atoms with Crippen LogP contribution < -0.4 is 5.32 Å². The lowest BCUT2D eigenvalue weighted by atomic mass is 10.1. The molecule has 0 fully saturated rings. The fourth-order valence-electron chi connectivity index (χ4n) is 1.55. The van der Waals surface area contributed by atoms with Crippen LogP contribution in [0.1, 0.15) is 15.9 Å². The molecule has 2 rings (SSSR count). The van der Waals surface area contributed by atoms with Gasteiger partial charge in [0.1, 0.15) is 0 Å². The lowest BCUT2D eigenvalue weighted by molar-refractivity contribution is -0.120. The van der Waals surface area contributed by atoms with Crippen molar-refractivity contribution in [3.8, 4) is 0 Å². The van der Waals surface area contributed by atoms with Crippen molar-refractivity contribution in [3.05, 3.63) is 58.3 Å². The Morgan fingerprint density at radius 2 is 1.89 bits per heavy atom. The van der Waals surface area contributed by atoms with Gasteiger partial charge in [0.15, 0.2) is 5.78 Å². The van der Waals surface area contributed by atoms with Crippen LogP contribution in [0.2, 0.25) is 0 Å². The Kier molecular flexibility index (Phi) is 4.25. The van der Waals surface area contributed by atoms with Crippen LogP contribution in [0.25, 0.3) is 0 Å². The average Bonchev–Trinajstić information content (AvgIpc) is 2.90. The molecule has 0 unspecified atom stereocenters. The second-order valence-corrected chi connectivity index (χ2v) is 4.65. The third-order valence-electron chi connectivity index (χ3n) is 2.49. The molecule has 0 radical (unpaired) electrons. The first-order valence-electron chi connectivity index (χ1n) is 5.62. The number of thiophene rings is 1. The van der Waals surface area contributed by atoms with Crippen LogP contribution in [0.4, 0.5) is 0 Å². The molecule has 0 saturated carbocycles. The van der Waals surface area contributed by atoms with Gasteiger partial charge in [0.2, 0.25) is 5.91 Å². The maximum absolute atomic E-state index is 11.7. The maximum atomic E-state index is 11.7. The lowest BCUT2D eigenvalue weighted by Crippen LogP contribution is -2.30. The van der Waals surface area contributed by atoms with Crippen molar-refractivity contribution < 1.29 is 9.59 Å². The summed E-state index contributed by atoms with van der Waals surface area (Å²) in [7, 11) is 0. The van der Waals surface area contributed by atoms with Crippen LogP contribution in [0.3, 0.4) is 0 Å². The third kappa shape index (κ3) is 3.53. The van der Waals surface area contributed by atoms with E-state index in [1.165, 1.54) is 0 Å². The van der Waals surface area contributed by atoms with Crippen LogP contribution in [0.15, 0.2) is 47.2 Å². The van der Waals surface area contributed by atoms with E-state index in [4.69, 9.17) is 0 Å². The van der Waals surface area contributed by atoms with Gasteiger partial charge in [0.05, 0.1) is 13.0 Å². The molecule has 0 saturated heterocycles. The first-order valence-corrected chi connectivity index (χ1v) is 6.56. The molecule has 0 bridgehead atoms. The fourth-order valence-corrected chi connectivity index (χ4v) is 2.21. The average molecular weight is 259 g/mol. The van der Waals surface area contributed by atoms with E-state index in [1.54, 1.807) is 35.6 Å². The Bertz CT molecular complexity index is 520. The zero-order chi connectivity index (χ0) is 12.8. The number of rotatable bonds is 5.